The summed E-state index contributed by atoms with van der Waals surface area (Å²) in [5.74, 6) is -0.357. The summed E-state index contributed by atoms with van der Waals surface area (Å²) in [6.07, 6.45) is 0. The van der Waals surface area contributed by atoms with Crippen molar-refractivity contribution in [3.05, 3.63) is 105 Å². The van der Waals surface area contributed by atoms with Crippen LogP contribution in [-0.4, -0.2) is 23.3 Å². The maximum Gasteiger partial charge on any atom is 0.255 e. The smallest absolute Gasteiger partial charge is 0.255 e. The third-order valence-corrected chi connectivity index (χ3v) is 6.07. The molecule has 0 aromatic heterocycles. The van der Waals surface area contributed by atoms with Crippen molar-refractivity contribution in [2.24, 2.45) is 0 Å². The Hall–Kier alpha value is -2.82. The predicted molar refractivity (Wildman–Crippen MR) is 123 cm³/mol. The molecule has 0 spiro atoms. The van der Waals surface area contributed by atoms with Crippen molar-refractivity contribution >= 4 is 35.0 Å². The molecule has 3 aromatic carbocycles. The SMILES string of the molecule is CC(CN1C(=O)c2ccc(Cl)cc2C1C(=O)NCc1ccccc1)c1ccc(Cl)cc1. The first-order chi connectivity index (χ1) is 14.9. The molecule has 1 aliphatic heterocycles. The molecule has 0 fully saturated rings. The van der Waals surface area contributed by atoms with Gasteiger partial charge in [0.15, 0.2) is 0 Å². The first-order valence-corrected chi connectivity index (χ1v) is 10.9. The summed E-state index contributed by atoms with van der Waals surface area (Å²) in [4.78, 5) is 28.1. The zero-order valence-corrected chi connectivity index (χ0v) is 18.5. The molecular weight excluding hydrogens is 431 g/mol. The van der Waals surface area contributed by atoms with Gasteiger partial charge in [-0.15, -0.1) is 0 Å². The largest absolute Gasteiger partial charge is 0.350 e. The minimum Gasteiger partial charge on any atom is -0.350 e. The molecule has 3 aromatic rings. The van der Waals surface area contributed by atoms with Crippen molar-refractivity contribution in [2.75, 3.05) is 6.54 Å². The van der Waals surface area contributed by atoms with Crippen LogP contribution >= 0.6 is 23.2 Å². The molecule has 4 nitrogen and oxygen atoms in total. The van der Waals surface area contributed by atoms with Crippen molar-refractivity contribution in [2.45, 2.75) is 25.4 Å². The van der Waals surface area contributed by atoms with Gasteiger partial charge < -0.3 is 10.2 Å². The van der Waals surface area contributed by atoms with Crippen LogP contribution in [0, 0.1) is 0 Å². The number of amides is 2. The van der Waals surface area contributed by atoms with E-state index in [9.17, 15) is 9.59 Å². The van der Waals surface area contributed by atoms with Crippen LogP contribution in [0.1, 0.15) is 45.9 Å². The van der Waals surface area contributed by atoms with Gasteiger partial charge in [-0.05, 0) is 52.9 Å². The second-order valence-electron chi connectivity index (χ2n) is 7.75. The van der Waals surface area contributed by atoms with E-state index in [1.165, 1.54) is 0 Å². The van der Waals surface area contributed by atoms with Crippen molar-refractivity contribution in [1.29, 1.82) is 0 Å². The lowest BCUT2D eigenvalue weighted by Crippen LogP contribution is -2.40. The van der Waals surface area contributed by atoms with E-state index in [2.05, 4.69) is 5.32 Å². The molecule has 1 heterocycles. The van der Waals surface area contributed by atoms with Gasteiger partial charge in [-0.2, -0.15) is 0 Å². The summed E-state index contributed by atoms with van der Waals surface area (Å²) in [5.41, 5.74) is 3.21. The highest BCUT2D eigenvalue weighted by Gasteiger charge is 2.41. The molecule has 2 amide bonds. The Labute approximate surface area is 191 Å². The second kappa shape index (κ2) is 9.13. The van der Waals surface area contributed by atoms with Crippen LogP contribution in [-0.2, 0) is 11.3 Å². The minimum atomic E-state index is -0.723. The van der Waals surface area contributed by atoms with Crippen LogP contribution in [0.3, 0.4) is 0 Å². The van der Waals surface area contributed by atoms with Crippen LogP contribution in [0.4, 0.5) is 0 Å². The number of hydrogen-bond donors (Lipinski definition) is 1. The highest BCUT2D eigenvalue weighted by atomic mass is 35.5. The lowest BCUT2D eigenvalue weighted by Gasteiger charge is -2.27. The molecule has 0 aliphatic carbocycles. The van der Waals surface area contributed by atoms with E-state index in [-0.39, 0.29) is 17.7 Å². The molecule has 1 N–H and O–H groups in total. The molecule has 2 atom stereocenters. The lowest BCUT2D eigenvalue weighted by atomic mass is 9.99. The van der Waals surface area contributed by atoms with Gasteiger partial charge in [0.05, 0.1) is 0 Å². The number of halogens is 2. The zero-order chi connectivity index (χ0) is 22.0. The average Bonchev–Trinajstić information content (AvgIpc) is 3.04. The Kier molecular flexibility index (Phi) is 6.30. The second-order valence-corrected chi connectivity index (χ2v) is 8.62. The number of fused-ring (bicyclic) bond motifs is 1. The van der Waals surface area contributed by atoms with E-state index < -0.39 is 6.04 Å². The van der Waals surface area contributed by atoms with Crippen molar-refractivity contribution in [3.63, 3.8) is 0 Å². The summed E-state index contributed by atoms with van der Waals surface area (Å²) in [6.45, 7) is 2.82. The fourth-order valence-corrected chi connectivity index (χ4v) is 4.25. The normalized spacial score (nSPS) is 16.2. The molecule has 0 radical (unpaired) electrons. The van der Waals surface area contributed by atoms with Gasteiger partial charge in [-0.25, -0.2) is 0 Å². The van der Waals surface area contributed by atoms with Crippen molar-refractivity contribution in [3.8, 4) is 0 Å². The van der Waals surface area contributed by atoms with Gasteiger partial charge >= 0.3 is 0 Å². The number of nitrogens with zero attached hydrogens (tertiary/aromatic N) is 1. The Morgan fingerprint density at radius 1 is 1.00 bits per heavy atom. The molecule has 31 heavy (non-hydrogen) atoms. The lowest BCUT2D eigenvalue weighted by molar-refractivity contribution is -0.125. The molecule has 4 rings (SSSR count). The Morgan fingerprint density at radius 2 is 1.68 bits per heavy atom. The molecule has 6 heteroatoms. The Bertz CT molecular complexity index is 1100. The number of rotatable bonds is 6. The number of carbonyl (C=O) groups excluding carboxylic acids is 2. The summed E-state index contributed by atoms with van der Waals surface area (Å²) >= 11 is 12.2. The van der Waals surface area contributed by atoms with Gasteiger partial charge in [0.2, 0.25) is 5.91 Å². The Morgan fingerprint density at radius 3 is 2.39 bits per heavy atom. The Balaban J connectivity index is 1.60. The van der Waals surface area contributed by atoms with Gasteiger partial charge in [0, 0.05) is 28.7 Å². The van der Waals surface area contributed by atoms with E-state index in [1.54, 1.807) is 23.1 Å². The molecular formula is C25H22Cl2N2O2. The average molecular weight is 453 g/mol. The van der Waals surface area contributed by atoms with Gasteiger partial charge in [-0.3, -0.25) is 9.59 Å². The van der Waals surface area contributed by atoms with E-state index in [1.807, 2.05) is 61.5 Å². The van der Waals surface area contributed by atoms with Crippen molar-refractivity contribution in [1.82, 2.24) is 10.2 Å². The van der Waals surface area contributed by atoms with E-state index in [0.717, 1.165) is 11.1 Å². The van der Waals surface area contributed by atoms with Crippen LogP contribution in [0.2, 0.25) is 10.0 Å². The number of benzene rings is 3. The predicted octanol–water partition coefficient (Wildman–Crippen LogP) is 5.61. The van der Waals surface area contributed by atoms with E-state index in [4.69, 9.17) is 23.2 Å². The summed E-state index contributed by atoms with van der Waals surface area (Å²) in [5, 5.41) is 4.14. The highest BCUT2D eigenvalue weighted by Crippen LogP contribution is 2.37. The van der Waals surface area contributed by atoms with Crippen molar-refractivity contribution < 1.29 is 9.59 Å². The minimum absolute atomic E-state index is 0.0235. The fourth-order valence-electron chi connectivity index (χ4n) is 3.94. The fraction of sp³-hybridized carbons (Fsp3) is 0.200. The van der Waals surface area contributed by atoms with Crippen LogP contribution in [0.25, 0.3) is 0 Å². The topological polar surface area (TPSA) is 49.4 Å². The molecule has 0 saturated heterocycles. The number of hydrogen-bond acceptors (Lipinski definition) is 2. The summed E-state index contributed by atoms with van der Waals surface area (Å²) in [6, 6.07) is 21.6. The van der Waals surface area contributed by atoms with Gasteiger partial charge in [0.1, 0.15) is 6.04 Å². The molecule has 158 valence electrons. The molecule has 1 aliphatic rings. The zero-order valence-electron chi connectivity index (χ0n) is 17.0. The third kappa shape index (κ3) is 4.60. The van der Waals surface area contributed by atoms with E-state index in [0.29, 0.717) is 34.3 Å². The van der Waals surface area contributed by atoms with Crippen LogP contribution < -0.4 is 5.32 Å². The first kappa shape index (κ1) is 21.4. The number of nitrogens with one attached hydrogen (secondary N) is 1. The maximum absolute atomic E-state index is 13.2. The van der Waals surface area contributed by atoms with E-state index >= 15 is 0 Å². The monoisotopic (exact) mass is 452 g/mol. The summed E-state index contributed by atoms with van der Waals surface area (Å²) in [7, 11) is 0. The third-order valence-electron chi connectivity index (χ3n) is 5.58. The summed E-state index contributed by atoms with van der Waals surface area (Å²) < 4.78 is 0. The molecule has 2 unspecified atom stereocenters. The van der Waals surface area contributed by atoms with Gasteiger partial charge in [0.25, 0.3) is 5.91 Å². The molecule has 0 bridgehead atoms. The van der Waals surface area contributed by atoms with Gasteiger partial charge in [-0.1, -0.05) is 72.6 Å². The quantitative estimate of drug-likeness (QED) is 0.528. The highest BCUT2D eigenvalue weighted by molar-refractivity contribution is 6.31. The molecule has 0 saturated carbocycles. The number of carbonyl (C=O) groups is 2. The first-order valence-electron chi connectivity index (χ1n) is 10.1. The maximum atomic E-state index is 13.2. The van der Waals surface area contributed by atoms with Crippen LogP contribution in [0.5, 0.6) is 0 Å². The van der Waals surface area contributed by atoms with Crippen LogP contribution in [0.15, 0.2) is 72.8 Å². The standard InChI is InChI=1S/C25H22Cl2N2O2/c1-16(18-7-9-19(26)10-8-18)15-29-23(22-13-20(27)11-12-21(22)25(29)31)24(30)28-14-17-5-3-2-4-6-17/h2-13,16,23H,14-15H2,1H3,(H,28,30).